The highest BCUT2D eigenvalue weighted by molar-refractivity contribution is 9.10. The van der Waals surface area contributed by atoms with Crippen LogP contribution in [0.15, 0.2) is 40.9 Å². The van der Waals surface area contributed by atoms with Gasteiger partial charge in [-0.1, -0.05) is 28.1 Å². The SMILES string of the molecule is COc1cc(C)c(C(N)c2ccc(Br)cc2)cc1OC. The van der Waals surface area contributed by atoms with E-state index in [4.69, 9.17) is 15.2 Å². The lowest BCUT2D eigenvalue weighted by Gasteiger charge is -2.18. The summed E-state index contributed by atoms with van der Waals surface area (Å²) in [7, 11) is 3.26. The molecule has 0 amide bonds. The van der Waals surface area contributed by atoms with Crippen LogP contribution >= 0.6 is 15.9 Å². The molecule has 0 aliphatic carbocycles. The Hall–Kier alpha value is -1.52. The van der Waals surface area contributed by atoms with Crippen molar-refractivity contribution < 1.29 is 9.47 Å². The third-order valence-electron chi connectivity index (χ3n) is 3.34. The van der Waals surface area contributed by atoms with Crippen LogP contribution in [0.4, 0.5) is 0 Å². The van der Waals surface area contributed by atoms with Crippen molar-refractivity contribution in [2.45, 2.75) is 13.0 Å². The smallest absolute Gasteiger partial charge is 0.161 e. The highest BCUT2D eigenvalue weighted by atomic mass is 79.9. The van der Waals surface area contributed by atoms with Gasteiger partial charge < -0.3 is 15.2 Å². The van der Waals surface area contributed by atoms with Crippen molar-refractivity contribution in [3.63, 3.8) is 0 Å². The van der Waals surface area contributed by atoms with Crippen molar-refractivity contribution in [1.82, 2.24) is 0 Å². The summed E-state index contributed by atoms with van der Waals surface area (Å²) >= 11 is 3.43. The van der Waals surface area contributed by atoms with E-state index in [9.17, 15) is 0 Å². The molecular formula is C16H18BrNO2. The molecule has 0 aliphatic rings. The number of rotatable bonds is 4. The molecule has 0 aliphatic heterocycles. The third-order valence-corrected chi connectivity index (χ3v) is 3.87. The van der Waals surface area contributed by atoms with Crippen LogP contribution in [0.1, 0.15) is 22.7 Å². The molecule has 4 heteroatoms. The zero-order chi connectivity index (χ0) is 14.7. The maximum Gasteiger partial charge on any atom is 0.161 e. The molecule has 2 N–H and O–H groups in total. The highest BCUT2D eigenvalue weighted by Crippen LogP contribution is 2.34. The molecule has 2 rings (SSSR count). The van der Waals surface area contributed by atoms with E-state index in [-0.39, 0.29) is 6.04 Å². The zero-order valence-electron chi connectivity index (χ0n) is 11.8. The maximum absolute atomic E-state index is 6.37. The summed E-state index contributed by atoms with van der Waals surface area (Å²) in [5.41, 5.74) is 9.54. The van der Waals surface area contributed by atoms with E-state index >= 15 is 0 Å². The van der Waals surface area contributed by atoms with Crippen LogP contribution in [-0.4, -0.2) is 14.2 Å². The quantitative estimate of drug-likeness (QED) is 0.923. The number of halogens is 1. The molecule has 2 aromatic carbocycles. The summed E-state index contributed by atoms with van der Waals surface area (Å²) in [6.07, 6.45) is 0. The van der Waals surface area contributed by atoms with Crippen molar-refractivity contribution in [3.8, 4) is 11.5 Å². The molecule has 1 unspecified atom stereocenters. The zero-order valence-corrected chi connectivity index (χ0v) is 13.4. The summed E-state index contributed by atoms with van der Waals surface area (Å²) in [5.74, 6) is 1.41. The fourth-order valence-corrected chi connectivity index (χ4v) is 2.45. The van der Waals surface area contributed by atoms with Gasteiger partial charge in [0.25, 0.3) is 0 Å². The third kappa shape index (κ3) is 2.97. The van der Waals surface area contributed by atoms with Crippen molar-refractivity contribution in [2.24, 2.45) is 5.73 Å². The first kappa shape index (κ1) is 14.9. The molecule has 3 nitrogen and oxygen atoms in total. The Kier molecular flexibility index (Phi) is 4.68. The van der Waals surface area contributed by atoms with Crippen molar-refractivity contribution >= 4 is 15.9 Å². The Morgan fingerprint density at radius 2 is 1.55 bits per heavy atom. The fraction of sp³-hybridized carbons (Fsp3) is 0.250. The second kappa shape index (κ2) is 6.29. The Bertz CT molecular complexity index is 596. The average Bonchev–Trinajstić information content (AvgIpc) is 2.47. The molecule has 1 atom stereocenters. The van der Waals surface area contributed by atoms with Gasteiger partial charge in [-0.2, -0.15) is 0 Å². The Balaban J connectivity index is 2.43. The van der Waals surface area contributed by atoms with E-state index in [1.54, 1.807) is 14.2 Å². The van der Waals surface area contributed by atoms with Crippen molar-refractivity contribution in [1.29, 1.82) is 0 Å². The normalized spacial score (nSPS) is 12.1. The minimum atomic E-state index is -0.192. The number of nitrogens with two attached hydrogens (primary N) is 1. The topological polar surface area (TPSA) is 44.5 Å². The van der Waals surface area contributed by atoms with E-state index < -0.39 is 0 Å². The van der Waals surface area contributed by atoms with Gasteiger partial charge in [0.05, 0.1) is 20.3 Å². The van der Waals surface area contributed by atoms with E-state index in [1.807, 2.05) is 43.3 Å². The van der Waals surface area contributed by atoms with Gasteiger partial charge in [-0.15, -0.1) is 0 Å². The number of hydrogen-bond acceptors (Lipinski definition) is 3. The molecule has 106 valence electrons. The lowest BCUT2D eigenvalue weighted by molar-refractivity contribution is 0.354. The van der Waals surface area contributed by atoms with E-state index in [0.717, 1.165) is 26.9 Å². The molecule has 0 bridgehead atoms. The molecular weight excluding hydrogens is 318 g/mol. The van der Waals surface area contributed by atoms with E-state index in [1.165, 1.54) is 0 Å². The number of methoxy groups -OCH3 is 2. The largest absolute Gasteiger partial charge is 0.493 e. The molecule has 0 aromatic heterocycles. The lowest BCUT2D eigenvalue weighted by Crippen LogP contribution is -2.13. The van der Waals surface area contributed by atoms with Crippen LogP contribution in [0.25, 0.3) is 0 Å². The Morgan fingerprint density at radius 1 is 1.00 bits per heavy atom. The Labute approximate surface area is 127 Å². The number of ether oxygens (including phenoxy) is 2. The molecule has 0 saturated heterocycles. The minimum Gasteiger partial charge on any atom is -0.493 e. The molecule has 0 saturated carbocycles. The van der Waals surface area contributed by atoms with Crippen LogP contribution in [0.5, 0.6) is 11.5 Å². The first-order valence-electron chi connectivity index (χ1n) is 6.30. The highest BCUT2D eigenvalue weighted by Gasteiger charge is 2.15. The second-order valence-corrected chi connectivity index (χ2v) is 5.51. The lowest BCUT2D eigenvalue weighted by atomic mass is 9.95. The van der Waals surface area contributed by atoms with Crippen LogP contribution < -0.4 is 15.2 Å². The van der Waals surface area contributed by atoms with Crippen LogP contribution in [0.3, 0.4) is 0 Å². The molecule has 2 aromatic rings. The molecule has 0 spiro atoms. The van der Waals surface area contributed by atoms with Gasteiger partial charge in [-0.25, -0.2) is 0 Å². The van der Waals surface area contributed by atoms with Crippen molar-refractivity contribution in [3.05, 3.63) is 57.6 Å². The molecule has 0 radical (unpaired) electrons. The standard InChI is InChI=1S/C16H18BrNO2/c1-10-8-14(19-2)15(20-3)9-13(10)16(18)11-4-6-12(17)7-5-11/h4-9,16H,18H2,1-3H3. The van der Waals surface area contributed by atoms with E-state index in [2.05, 4.69) is 15.9 Å². The van der Waals surface area contributed by atoms with Gasteiger partial charge in [0.15, 0.2) is 11.5 Å². The number of aryl methyl sites for hydroxylation is 1. The predicted octanol–water partition coefficient (Wildman–Crippen LogP) is 3.82. The van der Waals surface area contributed by atoms with Gasteiger partial charge in [-0.05, 0) is 47.9 Å². The molecule has 0 heterocycles. The minimum absolute atomic E-state index is 0.192. The number of hydrogen-bond donors (Lipinski definition) is 1. The van der Waals surface area contributed by atoms with Gasteiger partial charge in [0, 0.05) is 4.47 Å². The first-order valence-corrected chi connectivity index (χ1v) is 7.09. The average molecular weight is 336 g/mol. The van der Waals surface area contributed by atoms with Crippen LogP contribution in [0, 0.1) is 6.92 Å². The van der Waals surface area contributed by atoms with Crippen LogP contribution in [0.2, 0.25) is 0 Å². The van der Waals surface area contributed by atoms with Gasteiger partial charge in [0.2, 0.25) is 0 Å². The summed E-state index contributed by atoms with van der Waals surface area (Å²) in [5, 5.41) is 0. The maximum atomic E-state index is 6.37. The van der Waals surface area contributed by atoms with Gasteiger partial charge >= 0.3 is 0 Å². The van der Waals surface area contributed by atoms with Crippen LogP contribution in [-0.2, 0) is 0 Å². The van der Waals surface area contributed by atoms with Gasteiger partial charge in [-0.3, -0.25) is 0 Å². The van der Waals surface area contributed by atoms with E-state index in [0.29, 0.717) is 5.75 Å². The molecule has 0 fully saturated rings. The molecule has 20 heavy (non-hydrogen) atoms. The summed E-state index contributed by atoms with van der Waals surface area (Å²) in [6, 6.07) is 11.7. The van der Waals surface area contributed by atoms with Crippen molar-refractivity contribution in [2.75, 3.05) is 14.2 Å². The summed E-state index contributed by atoms with van der Waals surface area (Å²) < 4.78 is 11.7. The first-order chi connectivity index (χ1) is 9.56. The van der Waals surface area contributed by atoms with Gasteiger partial charge in [0.1, 0.15) is 0 Å². The number of benzene rings is 2. The monoisotopic (exact) mass is 335 g/mol. The summed E-state index contributed by atoms with van der Waals surface area (Å²) in [4.78, 5) is 0. The predicted molar refractivity (Wildman–Crippen MR) is 84.5 cm³/mol. The second-order valence-electron chi connectivity index (χ2n) is 4.59. The fourth-order valence-electron chi connectivity index (χ4n) is 2.18. The summed E-state index contributed by atoms with van der Waals surface area (Å²) in [6.45, 7) is 2.02. The Morgan fingerprint density at radius 3 is 2.10 bits per heavy atom.